The van der Waals surface area contributed by atoms with E-state index in [0.29, 0.717) is 30.1 Å². The lowest BCUT2D eigenvalue weighted by molar-refractivity contribution is 0.0708. The number of thioether (sulfide) groups is 1. The molecule has 30 heavy (non-hydrogen) atoms. The third-order valence-corrected chi connectivity index (χ3v) is 10.0. The predicted molar refractivity (Wildman–Crippen MR) is 124 cm³/mol. The van der Waals surface area contributed by atoms with Crippen LogP contribution in [0.15, 0.2) is 68.4 Å². The van der Waals surface area contributed by atoms with Gasteiger partial charge in [-0.05, 0) is 47.9 Å². The molecule has 158 valence electrons. The Morgan fingerprint density at radius 3 is 2.47 bits per heavy atom. The van der Waals surface area contributed by atoms with Gasteiger partial charge in [0.05, 0.1) is 5.56 Å². The van der Waals surface area contributed by atoms with Crippen LogP contribution in [-0.4, -0.2) is 38.4 Å². The van der Waals surface area contributed by atoms with E-state index in [2.05, 4.69) is 16.2 Å². The molecule has 3 heterocycles. The molecule has 1 aliphatic rings. The second-order valence-electron chi connectivity index (χ2n) is 6.98. The summed E-state index contributed by atoms with van der Waals surface area (Å²) in [5, 5.41) is 3.81. The molecule has 3 aromatic rings. The van der Waals surface area contributed by atoms with Gasteiger partial charge in [-0.15, -0.1) is 34.4 Å². The summed E-state index contributed by atoms with van der Waals surface area (Å²) in [6, 6.07) is 15.1. The van der Waals surface area contributed by atoms with Crippen molar-refractivity contribution < 1.29 is 13.2 Å². The van der Waals surface area contributed by atoms with Crippen molar-refractivity contribution in [2.24, 2.45) is 0 Å². The zero-order valence-electron chi connectivity index (χ0n) is 16.2. The predicted octanol–water partition coefficient (Wildman–Crippen LogP) is 4.69. The van der Waals surface area contributed by atoms with Crippen molar-refractivity contribution in [3.8, 4) is 0 Å². The minimum absolute atomic E-state index is 0.0174. The number of nitrogens with zero attached hydrogens (tertiary/aromatic N) is 1. The highest BCUT2D eigenvalue weighted by Crippen LogP contribution is 2.29. The van der Waals surface area contributed by atoms with Gasteiger partial charge in [0.15, 0.2) is 0 Å². The van der Waals surface area contributed by atoms with Crippen LogP contribution in [0.5, 0.6) is 0 Å². The van der Waals surface area contributed by atoms with Crippen LogP contribution in [-0.2, 0) is 15.8 Å². The quantitative estimate of drug-likeness (QED) is 0.501. The van der Waals surface area contributed by atoms with Gasteiger partial charge in [-0.25, -0.2) is 13.1 Å². The number of piperidine rings is 1. The van der Waals surface area contributed by atoms with Crippen molar-refractivity contribution in [2.45, 2.75) is 33.7 Å². The Bertz CT molecular complexity index is 1070. The molecule has 0 unspecified atom stereocenters. The fourth-order valence-corrected chi connectivity index (χ4v) is 7.51. The largest absolute Gasteiger partial charge is 0.338 e. The smallest absolute Gasteiger partial charge is 0.254 e. The monoisotopic (exact) mass is 478 g/mol. The van der Waals surface area contributed by atoms with Crippen LogP contribution in [0.2, 0.25) is 0 Å². The number of likely N-dealkylation sites (tertiary alicyclic amines) is 1. The van der Waals surface area contributed by atoms with E-state index in [1.165, 1.54) is 16.2 Å². The fraction of sp³-hybridized carbons (Fsp3) is 0.286. The lowest BCUT2D eigenvalue weighted by atomic mass is 10.0. The Labute approximate surface area is 189 Å². The van der Waals surface area contributed by atoms with Crippen molar-refractivity contribution in [1.29, 1.82) is 0 Å². The number of hydrogen-bond acceptors (Lipinski definition) is 6. The van der Waals surface area contributed by atoms with Gasteiger partial charge in [0.1, 0.15) is 4.21 Å². The molecular formula is C21H22N2O3S4. The second kappa shape index (κ2) is 9.65. The lowest BCUT2D eigenvalue weighted by Gasteiger charge is -2.32. The van der Waals surface area contributed by atoms with E-state index >= 15 is 0 Å². The summed E-state index contributed by atoms with van der Waals surface area (Å²) in [6.45, 7) is 1.08. The molecule has 1 aromatic carbocycles. The molecule has 1 saturated heterocycles. The van der Waals surface area contributed by atoms with Crippen LogP contribution in [0.1, 0.15) is 28.1 Å². The molecule has 1 aliphatic heterocycles. The highest BCUT2D eigenvalue weighted by molar-refractivity contribution is 7.98. The highest BCUT2D eigenvalue weighted by Gasteiger charge is 2.28. The minimum atomic E-state index is -3.48. The number of carbonyl (C=O) groups is 1. The van der Waals surface area contributed by atoms with Crippen LogP contribution in [0.4, 0.5) is 0 Å². The molecule has 0 saturated carbocycles. The number of carbonyl (C=O) groups excluding carboxylic acids is 1. The van der Waals surface area contributed by atoms with E-state index in [1.54, 1.807) is 40.6 Å². The molecule has 9 heteroatoms. The van der Waals surface area contributed by atoms with E-state index in [-0.39, 0.29) is 11.9 Å². The number of amides is 1. The summed E-state index contributed by atoms with van der Waals surface area (Å²) >= 11 is 4.60. The summed E-state index contributed by atoms with van der Waals surface area (Å²) in [7, 11) is -3.48. The summed E-state index contributed by atoms with van der Waals surface area (Å²) in [4.78, 5) is 17.2. The number of benzene rings is 1. The van der Waals surface area contributed by atoms with Crippen LogP contribution in [0.25, 0.3) is 0 Å². The van der Waals surface area contributed by atoms with E-state index in [4.69, 9.17) is 0 Å². The maximum atomic E-state index is 13.1. The molecule has 4 rings (SSSR count). The third-order valence-electron chi connectivity index (χ3n) is 4.93. The van der Waals surface area contributed by atoms with Crippen molar-refractivity contribution in [2.75, 3.05) is 13.1 Å². The molecule has 0 spiro atoms. The van der Waals surface area contributed by atoms with Gasteiger partial charge in [-0.2, -0.15) is 0 Å². The molecule has 0 bridgehead atoms. The fourth-order valence-electron chi connectivity index (χ4n) is 3.38. The van der Waals surface area contributed by atoms with Gasteiger partial charge in [-0.1, -0.05) is 24.3 Å². The summed E-state index contributed by atoms with van der Waals surface area (Å²) in [5.74, 6) is 0.859. The molecule has 1 fully saturated rings. The average molecular weight is 479 g/mol. The summed E-state index contributed by atoms with van der Waals surface area (Å²) in [5.41, 5.74) is 0.719. The maximum Gasteiger partial charge on any atom is 0.254 e. The summed E-state index contributed by atoms with van der Waals surface area (Å²) < 4.78 is 28.0. The Morgan fingerprint density at radius 1 is 1.03 bits per heavy atom. The van der Waals surface area contributed by atoms with Gasteiger partial charge < -0.3 is 4.90 Å². The van der Waals surface area contributed by atoms with E-state index in [0.717, 1.165) is 16.2 Å². The van der Waals surface area contributed by atoms with Crippen molar-refractivity contribution in [1.82, 2.24) is 9.62 Å². The average Bonchev–Trinajstić information content (AvgIpc) is 3.47. The molecular weight excluding hydrogens is 457 g/mol. The van der Waals surface area contributed by atoms with Gasteiger partial charge in [-0.3, -0.25) is 4.79 Å². The first-order valence-electron chi connectivity index (χ1n) is 9.62. The Hall–Kier alpha value is -1.65. The Kier molecular flexibility index (Phi) is 6.94. The van der Waals surface area contributed by atoms with Crippen LogP contribution < -0.4 is 4.72 Å². The molecule has 0 aliphatic carbocycles. The van der Waals surface area contributed by atoms with Crippen LogP contribution in [0, 0.1) is 0 Å². The number of hydrogen-bond donors (Lipinski definition) is 1. The molecule has 2 aromatic heterocycles. The van der Waals surface area contributed by atoms with Crippen molar-refractivity contribution in [3.63, 3.8) is 0 Å². The lowest BCUT2D eigenvalue weighted by Crippen LogP contribution is -2.46. The number of sulfonamides is 1. The summed E-state index contributed by atoms with van der Waals surface area (Å²) in [6.07, 6.45) is 1.22. The van der Waals surface area contributed by atoms with Gasteiger partial charge >= 0.3 is 0 Å². The highest BCUT2D eigenvalue weighted by atomic mass is 32.2. The molecule has 5 nitrogen and oxygen atoms in total. The zero-order chi connectivity index (χ0) is 21.0. The van der Waals surface area contributed by atoms with E-state index in [9.17, 15) is 13.2 Å². The van der Waals surface area contributed by atoms with Gasteiger partial charge in [0.2, 0.25) is 10.0 Å². The normalized spacial score (nSPS) is 15.4. The molecule has 0 atom stereocenters. The molecule has 1 amide bonds. The Balaban J connectivity index is 1.36. The number of rotatable bonds is 7. The third kappa shape index (κ3) is 5.15. The van der Waals surface area contributed by atoms with Crippen LogP contribution in [0.3, 0.4) is 0 Å². The van der Waals surface area contributed by atoms with E-state index in [1.807, 2.05) is 35.2 Å². The first kappa shape index (κ1) is 21.6. The number of nitrogens with one attached hydrogen (secondary N) is 1. The first-order valence-corrected chi connectivity index (χ1v) is 13.8. The minimum Gasteiger partial charge on any atom is -0.338 e. The van der Waals surface area contributed by atoms with Crippen molar-refractivity contribution in [3.05, 3.63) is 69.7 Å². The molecule has 1 N–H and O–H groups in total. The zero-order valence-corrected chi connectivity index (χ0v) is 19.5. The first-order chi connectivity index (χ1) is 14.5. The topological polar surface area (TPSA) is 66.5 Å². The standard InChI is InChI=1S/C21H22N2O3S4/c24-21(18-6-1-2-7-19(18)29-15-17-5-3-13-27-17)23-11-9-16(10-12-23)22-30(25,26)20-8-4-14-28-20/h1-8,13-14,16,22H,9-12,15H2. The molecule has 0 radical (unpaired) electrons. The SMILES string of the molecule is O=C(c1ccccc1SCc1cccs1)N1CCC(NS(=O)(=O)c2cccs2)CC1. The van der Waals surface area contributed by atoms with Crippen LogP contribution >= 0.6 is 34.4 Å². The Morgan fingerprint density at radius 2 is 1.77 bits per heavy atom. The van der Waals surface area contributed by atoms with Gasteiger partial charge in [0.25, 0.3) is 5.91 Å². The van der Waals surface area contributed by atoms with Gasteiger partial charge in [0, 0.05) is 34.7 Å². The maximum absolute atomic E-state index is 13.1. The second-order valence-corrected chi connectivity index (χ2v) is 11.9. The van der Waals surface area contributed by atoms with Crippen molar-refractivity contribution >= 4 is 50.4 Å². The van der Waals surface area contributed by atoms with E-state index < -0.39 is 10.0 Å². The number of thiophene rings is 2.